The number of anilines is 1. The first-order valence-electron chi connectivity index (χ1n) is 10.6. The molecule has 0 spiro atoms. The van der Waals surface area contributed by atoms with E-state index in [1.54, 1.807) is 27.9 Å². The molecule has 3 aromatic heterocycles. The van der Waals surface area contributed by atoms with E-state index in [0.29, 0.717) is 30.0 Å². The highest BCUT2D eigenvalue weighted by atomic mass is 32.1. The lowest BCUT2D eigenvalue weighted by Gasteiger charge is -2.22. The number of thiophene rings is 1. The monoisotopic (exact) mass is 463 g/mol. The van der Waals surface area contributed by atoms with Gasteiger partial charge in [-0.3, -0.25) is 4.79 Å². The first-order chi connectivity index (χ1) is 15.8. The molecule has 4 heterocycles. The van der Waals surface area contributed by atoms with Crippen molar-refractivity contribution in [2.45, 2.75) is 25.9 Å². The summed E-state index contributed by atoms with van der Waals surface area (Å²) in [5.74, 6) is 0.946. The van der Waals surface area contributed by atoms with Gasteiger partial charge in [-0.05, 0) is 43.2 Å². The molecule has 1 aliphatic rings. The van der Waals surface area contributed by atoms with Gasteiger partial charge in [0.15, 0.2) is 5.82 Å². The van der Waals surface area contributed by atoms with Crippen molar-refractivity contribution in [2.75, 3.05) is 25.9 Å². The van der Waals surface area contributed by atoms with Gasteiger partial charge in [-0.15, -0.1) is 11.3 Å². The van der Waals surface area contributed by atoms with E-state index in [-0.39, 0.29) is 12.5 Å². The van der Waals surface area contributed by atoms with Gasteiger partial charge in [0.1, 0.15) is 23.2 Å². The molecule has 3 N–H and O–H groups in total. The number of aryl methyl sites for hydroxylation is 2. The number of likely N-dealkylation sites (tertiary alicyclic amines) is 1. The minimum absolute atomic E-state index is 0.158. The average molecular weight is 464 g/mol. The summed E-state index contributed by atoms with van der Waals surface area (Å²) in [6, 6.07) is 6.10. The highest BCUT2D eigenvalue weighted by Crippen LogP contribution is 2.46. The summed E-state index contributed by atoms with van der Waals surface area (Å²) in [7, 11) is 1.67. The maximum Gasteiger partial charge on any atom is 0.246 e. The topological polar surface area (TPSA) is 106 Å². The number of ether oxygens (including phenoxy) is 1. The van der Waals surface area contributed by atoms with Crippen LogP contribution in [0.25, 0.3) is 26.0 Å². The molecule has 170 valence electrons. The molecule has 0 aliphatic carbocycles. The molecular weight excluding hydrogens is 438 g/mol. The first kappa shape index (κ1) is 21.4. The molecular formula is C24H25N5O3S. The molecule has 1 fully saturated rings. The van der Waals surface area contributed by atoms with E-state index >= 15 is 0 Å². The third-order valence-corrected chi connectivity index (χ3v) is 7.76. The van der Waals surface area contributed by atoms with E-state index in [9.17, 15) is 9.90 Å². The van der Waals surface area contributed by atoms with Crippen molar-refractivity contribution in [3.63, 3.8) is 0 Å². The Balaban J connectivity index is 1.74. The van der Waals surface area contributed by atoms with Crippen LogP contribution in [-0.2, 0) is 10.4 Å². The minimum atomic E-state index is -1.26. The highest BCUT2D eigenvalue weighted by molar-refractivity contribution is 7.23. The predicted molar refractivity (Wildman–Crippen MR) is 130 cm³/mol. The molecule has 0 radical (unpaired) electrons. The van der Waals surface area contributed by atoms with Crippen LogP contribution in [0.15, 0.2) is 37.2 Å². The van der Waals surface area contributed by atoms with Gasteiger partial charge in [0, 0.05) is 28.8 Å². The van der Waals surface area contributed by atoms with Crippen LogP contribution in [0.4, 0.5) is 5.82 Å². The van der Waals surface area contributed by atoms with Crippen molar-refractivity contribution >= 4 is 38.7 Å². The van der Waals surface area contributed by atoms with E-state index in [4.69, 9.17) is 10.5 Å². The number of amides is 1. The van der Waals surface area contributed by atoms with Crippen molar-refractivity contribution in [3.05, 3.63) is 54.0 Å². The molecule has 0 unspecified atom stereocenters. The summed E-state index contributed by atoms with van der Waals surface area (Å²) < 4.78 is 8.35. The number of fused-ring (bicyclic) bond motifs is 2. The molecule has 1 aliphatic heterocycles. The number of aromatic nitrogens is 3. The van der Waals surface area contributed by atoms with Crippen molar-refractivity contribution < 1.29 is 14.6 Å². The second kappa shape index (κ2) is 7.57. The van der Waals surface area contributed by atoms with Crippen molar-refractivity contribution in [1.29, 1.82) is 0 Å². The molecule has 0 bridgehead atoms. The van der Waals surface area contributed by atoms with E-state index in [0.717, 1.165) is 37.4 Å². The summed E-state index contributed by atoms with van der Waals surface area (Å²) in [5.41, 5.74) is 9.34. The third kappa shape index (κ3) is 3.19. The number of hydrogen-bond donors (Lipinski definition) is 2. The predicted octanol–water partition coefficient (Wildman–Crippen LogP) is 3.42. The largest absolute Gasteiger partial charge is 0.495 e. The Kier molecular flexibility index (Phi) is 4.91. The molecule has 1 aromatic carbocycles. The number of methoxy groups -OCH3 is 1. The Bertz CT molecular complexity index is 1440. The molecule has 4 aromatic rings. The van der Waals surface area contributed by atoms with Gasteiger partial charge in [0.05, 0.1) is 24.0 Å². The molecule has 5 rings (SSSR count). The number of carbonyl (C=O) groups excluding carboxylic acids is 1. The number of nitrogen functional groups attached to an aromatic ring is 1. The summed E-state index contributed by atoms with van der Waals surface area (Å²) in [6.45, 7) is 8.27. The van der Waals surface area contributed by atoms with Crippen molar-refractivity contribution in [2.24, 2.45) is 0 Å². The normalized spacial score (nSPS) is 18.4. The Morgan fingerprint density at radius 1 is 1.36 bits per heavy atom. The van der Waals surface area contributed by atoms with Gasteiger partial charge >= 0.3 is 0 Å². The van der Waals surface area contributed by atoms with Gasteiger partial charge in [-0.25, -0.2) is 9.50 Å². The fraction of sp³-hybridized carbons (Fsp3) is 0.292. The zero-order chi connectivity index (χ0) is 23.5. The first-order valence-corrected chi connectivity index (χ1v) is 11.4. The molecule has 1 atom stereocenters. The fourth-order valence-electron chi connectivity index (χ4n) is 4.73. The van der Waals surface area contributed by atoms with Crippen molar-refractivity contribution in [1.82, 2.24) is 19.5 Å². The van der Waals surface area contributed by atoms with Crippen LogP contribution in [0.3, 0.4) is 0 Å². The zero-order valence-corrected chi connectivity index (χ0v) is 19.6. The van der Waals surface area contributed by atoms with Crippen LogP contribution in [0, 0.1) is 13.8 Å². The minimum Gasteiger partial charge on any atom is -0.495 e. The third-order valence-electron chi connectivity index (χ3n) is 6.41. The van der Waals surface area contributed by atoms with Crippen LogP contribution < -0.4 is 10.5 Å². The van der Waals surface area contributed by atoms with Gasteiger partial charge in [-0.1, -0.05) is 12.6 Å². The number of rotatable bonds is 4. The number of aliphatic hydroxyl groups is 1. The smallest absolute Gasteiger partial charge is 0.246 e. The fourth-order valence-corrected chi connectivity index (χ4v) is 6.02. The number of carbonyl (C=O) groups is 1. The van der Waals surface area contributed by atoms with Crippen LogP contribution in [0.2, 0.25) is 0 Å². The van der Waals surface area contributed by atoms with Gasteiger partial charge in [0.2, 0.25) is 5.91 Å². The average Bonchev–Trinajstić information content (AvgIpc) is 3.48. The van der Waals surface area contributed by atoms with Gasteiger partial charge in [0.25, 0.3) is 0 Å². The number of β-amino-alcohol motifs (C(OH)–C–C–N with tert-alkyl or cyclic N) is 1. The molecule has 8 nitrogen and oxygen atoms in total. The van der Waals surface area contributed by atoms with Crippen LogP contribution in [0.5, 0.6) is 5.75 Å². The maximum atomic E-state index is 12.1. The lowest BCUT2D eigenvalue weighted by atomic mass is 9.98. The maximum absolute atomic E-state index is 12.1. The molecule has 33 heavy (non-hydrogen) atoms. The number of nitrogens with zero attached hydrogens (tertiary/aromatic N) is 4. The summed E-state index contributed by atoms with van der Waals surface area (Å²) in [6.07, 6.45) is 3.04. The molecule has 1 saturated heterocycles. The van der Waals surface area contributed by atoms with Crippen LogP contribution in [0.1, 0.15) is 23.2 Å². The van der Waals surface area contributed by atoms with Crippen LogP contribution >= 0.6 is 11.3 Å². The standard InChI is InChI=1S/C24H25N5O3S/c1-5-19(30)28-7-6-24(31,11-28)18-10-16(20-23(25)26-12-27-29(18)20)21-14(3)15-8-13(2)9-17(32-4)22(15)33-21/h5,8-10,12,31H,1,6-7,11H2,2-4H3,(H2,25,26,27)/t24-/m0/s1. The summed E-state index contributed by atoms with van der Waals surface area (Å²) in [4.78, 5) is 19.0. The van der Waals surface area contributed by atoms with E-state index in [1.807, 2.05) is 19.1 Å². The van der Waals surface area contributed by atoms with E-state index in [1.165, 1.54) is 12.4 Å². The Morgan fingerprint density at radius 2 is 2.15 bits per heavy atom. The highest BCUT2D eigenvalue weighted by Gasteiger charge is 2.42. The lowest BCUT2D eigenvalue weighted by molar-refractivity contribution is -0.126. The van der Waals surface area contributed by atoms with E-state index in [2.05, 4.69) is 29.7 Å². The lowest BCUT2D eigenvalue weighted by Crippen LogP contribution is -2.34. The second-order valence-electron chi connectivity index (χ2n) is 8.49. The number of hydrogen-bond acceptors (Lipinski definition) is 7. The SMILES string of the molecule is C=CC(=O)N1CC[C@@](O)(c2cc(-c3sc4c(OC)cc(C)cc4c3C)c3c(N)ncnn23)C1. The Morgan fingerprint density at radius 3 is 2.88 bits per heavy atom. The summed E-state index contributed by atoms with van der Waals surface area (Å²) in [5, 5.41) is 17.1. The van der Waals surface area contributed by atoms with Crippen LogP contribution in [-0.4, -0.2) is 50.7 Å². The quantitative estimate of drug-likeness (QED) is 0.449. The zero-order valence-electron chi connectivity index (χ0n) is 18.8. The summed E-state index contributed by atoms with van der Waals surface area (Å²) >= 11 is 1.62. The number of benzene rings is 1. The molecule has 1 amide bonds. The second-order valence-corrected chi connectivity index (χ2v) is 9.52. The van der Waals surface area contributed by atoms with Crippen molar-refractivity contribution in [3.8, 4) is 16.2 Å². The van der Waals surface area contributed by atoms with Gasteiger partial charge < -0.3 is 20.5 Å². The Hall–Kier alpha value is -3.43. The molecule has 9 heteroatoms. The molecule has 0 saturated carbocycles. The number of nitrogens with two attached hydrogens (primary N) is 1. The van der Waals surface area contributed by atoms with E-state index < -0.39 is 5.60 Å². The van der Waals surface area contributed by atoms with Gasteiger partial charge in [-0.2, -0.15) is 5.10 Å². The Labute approximate surface area is 194 Å².